The Morgan fingerprint density at radius 1 is 1.26 bits per heavy atom. The molecule has 0 spiro atoms. The van der Waals surface area contributed by atoms with Gasteiger partial charge in [0.1, 0.15) is 11.5 Å². The van der Waals surface area contributed by atoms with Gasteiger partial charge in [-0.3, -0.25) is 4.79 Å². The third-order valence-electron chi connectivity index (χ3n) is 3.10. The van der Waals surface area contributed by atoms with Crippen molar-refractivity contribution in [3.63, 3.8) is 0 Å². The zero-order valence-electron chi connectivity index (χ0n) is 12.8. The van der Waals surface area contributed by atoms with Crippen LogP contribution in [0.25, 0.3) is 0 Å². The van der Waals surface area contributed by atoms with Crippen molar-refractivity contribution in [1.29, 1.82) is 0 Å². The van der Waals surface area contributed by atoms with Gasteiger partial charge in [0, 0.05) is 4.47 Å². The summed E-state index contributed by atoms with van der Waals surface area (Å²) in [7, 11) is 0. The molecule has 6 heteroatoms. The van der Waals surface area contributed by atoms with Gasteiger partial charge in [-0.1, -0.05) is 22.0 Å². The Bertz CT molecular complexity index is 714. The summed E-state index contributed by atoms with van der Waals surface area (Å²) in [5.74, 6) is 0.436. The van der Waals surface area contributed by atoms with Crippen LogP contribution in [0.2, 0.25) is 0 Å². The Hall–Kier alpha value is -2.34. The van der Waals surface area contributed by atoms with E-state index in [1.807, 2.05) is 12.1 Å². The van der Waals surface area contributed by atoms with Gasteiger partial charge in [0.05, 0.1) is 5.71 Å². The van der Waals surface area contributed by atoms with Crippen molar-refractivity contribution in [3.05, 3.63) is 58.6 Å². The predicted molar refractivity (Wildman–Crippen MR) is 92.7 cm³/mol. The maximum absolute atomic E-state index is 12.0. The first kappa shape index (κ1) is 17.0. The summed E-state index contributed by atoms with van der Waals surface area (Å²) in [5, 5.41) is 13.3. The average molecular weight is 377 g/mol. The molecule has 23 heavy (non-hydrogen) atoms. The van der Waals surface area contributed by atoms with E-state index in [1.54, 1.807) is 50.2 Å². The summed E-state index contributed by atoms with van der Waals surface area (Å²) in [4.78, 5) is 12.0. The monoisotopic (exact) mass is 376 g/mol. The normalized spacial score (nSPS) is 12.6. The lowest BCUT2D eigenvalue weighted by molar-refractivity contribution is -0.127. The number of halogens is 1. The Morgan fingerprint density at radius 3 is 2.61 bits per heavy atom. The fourth-order valence-electron chi connectivity index (χ4n) is 1.79. The van der Waals surface area contributed by atoms with Crippen molar-refractivity contribution in [1.82, 2.24) is 5.43 Å². The number of amides is 1. The quantitative estimate of drug-likeness (QED) is 0.619. The average Bonchev–Trinajstić information content (AvgIpc) is 2.53. The predicted octanol–water partition coefficient (Wildman–Crippen LogP) is 3.46. The van der Waals surface area contributed by atoms with Gasteiger partial charge in [0.15, 0.2) is 6.10 Å². The van der Waals surface area contributed by atoms with Crippen LogP contribution < -0.4 is 10.2 Å². The molecule has 0 aliphatic rings. The lowest BCUT2D eigenvalue weighted by atomic mass is 10.1. The molecule has 1 atom stereocenters. The molecule has 0 aliphatic heterocycles. The van der Waals surface area contributed by atoms with E-state index in [1.165, 1.54) is 0 Å². The highest BCUT2D eigenvalue weighted by Crippen LogP contribution is 2.18. The van der Waals surface area contributed by atoms with Crippen LogP contribution in [0.4, 0.5) is 0 Å². The second-order valence-corrected chi connectivity index (χ2v) is 5.85. The minimum absolute atomic E-state index is 0.182. The zero-order chi connectivity index (χ0) is 16.8. The first-order valence-corrected chi connectivity index (χ1v) is 7.81. The number of phenolic OH excluding ortho intramolecular Hbond substituents is 1. The van der Waals surface area contributed by atoms with Crippen LogP contribution in [-0.4, -0.2) is 22.8 Å². The smallest absolute Gasteiger partial charge is 0.280 e. The highest BCUT2D eigenvalue weighted by atomic mass is 79.9. The van der Waals surface area contributed by atoms with E-state index in [-0.39, 0.29) is 11.7 Å². The summed E-state index contributed by atoms with van der Waals surface area (Å²) >= 11 is 3.35. The molecule has 0 saturated heterocycles. The second kappa shape index (κ2) is 7.78. The number of phenols is 1. The minimum atomic E-state index is -0.680. The van der Waals surface area contributed by atoms with E-state index >= 15 is 0 Å². The zero-order valence-corrected chi connectivity index (χ0v) is 14.4. The molecule has 1 amide bonds. The molecule has 5 nitrogen and oxygen atoms in total. The SMILES string of the molecule is C/C(=N\NC(=O)[C@@H](C)Oc1cccc(Br)c1)c1ccc(O)cc1. The fourth-order valence-corrected chi connectivity index (χ4v) is 2.17. The standard InChI is InChI=1S/C17H17BrN2O3/c1-11(13-6-8-15(21)9-7-13)19-20-17(22)12(2)23-16-5-3-4-14(18)10-16/h3-10,12,21H,1-2H3,(H,20,22)/b19-11+/t12-/m1/s1. The molecule has 0 unspecified atom stereocenters. The molecule has 2 N–H and O–H groups in total. The topological polar surface area (TPSA) is 70.9 Å². The number of carbonyl (C=O) groups is 1. The van der Waals surface area contributed by atoms with E-state index in [9.17, 15) is 9.90 Å². The number of benzene rings is 2. The van der Waals surface area contributed by atoms with Crippen molar-refractivity contribution in [2.45, 2.75) is 20.0 Å². The molecular weight excluding hydrogens is 360 g/mol. The van der Waals surface area contributed by atoms with E-state index in [0.717, 1.165) is 10.0 Å². The summed E-state index contributed by atoms with van der Waals surface area (Å²) in [5.41, 5.74) is 3.92. The second-order valence-electron chi connectivity index (χ2n) is 4.94. The fraction of sp³-hybridized carbons (Fsp3) is 0.176. The third-order valence-corrected chi connectivity index (χ3v) is 3.59. The minimum Gasteiger partial charge on any atom is -0.508 e. The van der Waals surface area contributed by atoms with Crippen LogP contribution >= 0.6 is 15.9 Å². The number of rotatable bonds is 5. The summed E-state index contributed by atoms with van der Waals surface area (Å²) in [6.45, 7) is 3.42. The molecule has 2 rings (SSSR count). The van der Waals surface area contributed by atoms with Gasteiger partial charge in [-0.25, -0.2) is 5.43 Å². The van der Waals surface area contributed by atoms with Gasteiger partial charge in [0.2, 0.25) is 0 Å². The van der Waals surface area contributed by atoms with Crippen LogP contribution in [0.15, 0.2) is 58.1 Å². The molecule has 0 radical (unpaired) electrons. The number of hydrazone groups is 1. The van der Waals surface area contributed by atoms with Crippen LogP contribution in [-0.2, 0) is 4.79 Å². The maximum atomic E-state index is 12.0. The number of carbonyl (C=O) groups excluding carboxylic acids is 1. The molecule has 120 valence electrons. The number of aromatic hydroxyl groups is 1. The Balaban J connectivity index is 1.95. The number of hydrogen-bond acceptors (Lipinski definition) is 4. The molecule has 0 bridgehead atoms. The molecule has 2 aromatic rings. The maximum Gasteiger partial charge on any atom is 0.280 e. The lowest BCUT2D eigenvalue weighted by Crippen LogP contribution is -2.33. The Kier molecular flexibility index (Phi) is 5.76. The molecule has 0 heterocycles. The lowest BCUT2D eigenvalue weighted by Gasteiger charge is -2.13. The van der Waals surface area contributed by atoms with Crippen LogP contribution in [0, 0.1) is 0 Å². The molecule has 0 aromatic heterocycles. The van der Waals surface area contributed by atoms with Gasteiger partial charge in [-0.15, -0.1) is 0 Å². The van der Waals surface area contributed by atoms with Crippen molar-refractivity contribution in [2.75, 3.05) is 0 Å². The van der Waals surface area contributed by atoms with E-state index in [0.29, 0.717) is 11.5 Å². The van der Waals surface area contributed by atoms with Crippen LogP contribution in [0.3, 0.4) is 0 Å². The van der Waals surface area contributed by atoms with Crippen molar-refractivity contribution < 1.29 is 14.6 Å². The Morgan fingerprint density at radius 2 is 1.96 bits per heavy atom. The summed E-state index contributed by atoms with van der Waals surface area (Å²) in [6.07, 6.45) is -0.680. The highest BCUT2D eigenvalue weighted by Gasteiger charge is 2.14. The van der Waals surface area contributed by atoms with Crippen molar-refractivity contribution in [3.8, 4) is 11.5 Å². The Labute approximate surface area is 143 Å². The first-order chi connectivity index (χ1) is 11.0. The van der Waals surface area contributed by atoms with Crippen LogP contribution in [0.1, 0.15) is 19.4 Å². The molecule has 0 fully saturated rings. The molecule has 0 saturated carbocycles. The molecule has 0 aliphatic carbocycles. The summed E-state index contributed by atoms with van der Waals surface area (Å²) < 4.78 is 6.44. The molecular formula is C17H17BrN2O3. The number of ether oxygens (including phenoxy) is 1. The number of nitrogens with zero attached hydrogens (tertiary/aromatic N) is 1. The highest BCUT2D eigenvalue weighted by molar-refractivity contribution is 9.10. The first-order valence-electron chi connectivity index (χ1n) is 7.01. The number of hydrogen-bond donors (Lipinski definition) is 2. The van der Waals surface area contributed by atoms with Crippen LogP contribution in [0.5, 0.6) is 11.5 Å². The van der Waals surface area contributed by atoms with Gasteiger partial charge < -0.3 is 9.84 Å². The van der Waals surface area contributed by atoms with E-state index in [2.05, 4.69) is 26.5 Å². The van der Waals surface area contributed by atoms with Gasteiger partial charge in [-0.05, 0) is 61.9 Å². The largest absolute Gasteiger partial charge is 0.508 e. The number of nitrogens with one attached hydrogen (secondary N) is 1. The van der Waals surface area contributed by atoms with Crippen molar-refractivity contribution >= 4 is 27.5 Å². The molecule has 2 aromatic carbocycles. The van der Waals surface area contributed by atoms with Crippen molar-refractivity contribution in [2.24, 2.45) is 5.10 Å². The van der Waals surface area contributed by atoms with Gasteiger partial charge >= 0.3 is 0 Å². The van der Waals surface area contributed by atoms with Gasteiger partial charge in [-0.2, -0.15) is 5.10 Å². The van der Waals surface area contributed by atoms with Gasteiger partial charge in [0.25, 0.3) is 5.91 Å². The summed E-state index contributed by atoms with van der Waals surface area (Å²) in [6, 6.07) is 13.8. The van der Waals surface area contributed by atoms with E-state index in [4.69, 9.17) is 4.74 Å². The van der Waals surface area contributed by atoms with E-state index < -0.39 is 6.10 Å². The third kappa shape index (κ3) is 5.10.